The number of anilines is 1. The lowest BCUT2D eigenvalue weighted by molar-refractivity contribution is 0.569. The van der Waals surface area contributed by atoms with Gasteiger partial charge in [-0.05, 0) is 31.5 Å². The van der Waals surface area contributed by atoms with Gasteiger partial charge < -0.3 is 5.73 Å². The van der Waals surface area contributed by atoms with Crippen LogP contribution in [0.15, 0.2) is 18.2 Å². The Labute approximate surface area is 120 Å². The van der Waals surface area contributed by atoms with Gasteiger partial charge in [0.2, 0.25) is 0 Å². The monoisotopic (exact) mass is 303 g/mol. The molecule has 0 spiro atoms. The molecule has 96 valence electrons. The Morgan fingerprint density at radius 1 is 1.28 bits per heavy atom. The molecule has 2 rings (SSSR count). The van der Waals surface area contributed by atoms with Crippen LogP contribution in [0.1, 0.15) is 24.2 Å². The van der Waals surface area contributed by atoms with Crippen LogP contribution in [-0.2, 0) is 0 Å². The highest BCUT2D eigenvalue weighted by molar-refractivity contribution is 6.35. The number of nitrogens with zero attached hydrogens (tertiary/aromatic N) is 2. The topological polar surface area (TPSA) is 43.8 Å². The van der Waals surface area contributed by atoms with Gasteiger partial charge in [0.05, 0.1) is 11.7 Å². The molecule has 0 saturated carbocycles. The van der Waals surface area contributed by atoms with Gasteiger partial charge in [0.15, 0.2) is 0 Å². The zero-order chi connectivity index (χ0) is 13.4. The SMILES string of the molecule is Cc1nn(C(C)c2ccc(Cl)cc2Cl)c(N)c1Cl. The second-order valence-corrected chi connectivity index (χ2v) is 5.29. The van der Waals surface area contributed by atoms with Crippen LogP contribution in [0.4, 0.5) is 5.82 Å². The summed E-state index contributed by atoms with van der Waals surface area (Å²) in [6.07, 6.45) is 0. The first-order valence-electron chi connectivity index (χ1n) is 5.37. The molecule has 0 amide bonds. The Hall–Kier alpha value is -0.900. The quantitative estimate of drug-likeness (QED) is 0.896. The Bertz CT molecular complexity index is 592. The molecule has 0 bridgehead atoms. The number of hydrogen-bond donors (Lipinski definition) is 1. The maximum atomic E-state index is 6.17. The summed E-state index contributed by atoms with van der Waals surface area (Å²) < 4.78 is 1.66. The van der Waals surface area contributed by atoms with E-state index in [0.29, 0.717) is 26.6 Å². The van der Waals surface area contributed by atoms with Crippen LogP contribution in [0.5, 0.6) is 0 Å². The lowest BCUT2D eigenvalue weighted by atomic mass is 10.1. The Kier molecular flexibility index (Phi) is 3.76. The molecule has 2 aromatic rings. The average Bonchev–Trinajstić information content (AvgIpc) is 2.56. The maximum Gasteiger partial charge on any atom is 0.141 e. The predicted octanol–water partition coefficient (Wildman–Crippen LogP) is 4.34. The maximum absolute atomic E-state index is 6.17. The summed E-state index contributed by atoms with van der Waals surface area (Å²) in [5.74, 6) is 0.438. The summed E-state index contributed by atoms with van der Waals surface area (Å²) in [6, 6.07) is 5.23. The highest BCUT2D eigenvalue weighted by atomic mass is 35.5. The number of rotatable bonds is 2. The van der Waals surface area contributed by atoms with Crippen molar-refractivity contribution in [1.82, 2.24) is 9.78 Å². The van der Waals surface area contributed by atoms with E-state index in [-0.39, 0.29) is 6.04 Å². The Balaban J connectivity index is 2.47. The van der Waals surface area contributed by atoms with Crippen LogP contribution in [0.3, 0.4) is 0 Å². The fraction of sp³-hybridized carbons (Fsp3) is 0.250. The van der Waals surface area contributed by atoms with Gasteiger partial charge in [-0.3, -0.25) is 0 Å². The highest BCUT2D eigenvalue weighted by Crippen LogP contribution is 2.32. The van der Waals surface area contributed by atoms with E-state index in [1.165, 1.54) is 0 Å². The van der Waals surface area contributed by atoms with Gasteiger partial charge >= 0.3 is 0 Å². The van der Waals surface area contributed by atoms with Crippen LogP contribution >= 0.6 is 34.8 Å². The van der Waals surface area contributed by atoms with Crippen molar-refractivity contribution in [3.63, 3.8) is 0 Å². The van der Waals surface area contributed by atoms with Crippen LogP contribution in [0.25, 0.3) is 0 Å². The van der Waals surface area contributed by atoms with Gasteiger partial charge in [-0.1, -0.05) is 40.9 Å². The number of hydrogen-bond acceptors (Lipinski definition) is 2. The number of nitrogens with two attached hydrogens (primary N) is 1. The van der Waals surface area contributed by atoms with Gasteiger partial charge in [0.25, 0.3) is 0 Å². The molecule has 0 fully saturated rings. The van der Waals surface area contributed by atoms with E-state index in [1.54, 1.807) is 16.8 Å². The highest BCUT2D eigenvalue weighted by Gasteiger charge is 2.18. The summed E-state index contributed by atoms with van der Waals surface area (Å²) in [5, 5.41) is 5.97. The van der Waals surface area contributed by atoms with Crippen molar-refractivity contribution in [3.8, 4) is 0 Å². The van der Waals surface area contributed by atoms with Gasteiger partial charge in [-0.2, -0.15) is 5.10 Å². The Morgan fingerprint density at radius 2 is 1.94 bits per heavy atom. The zero-order valence-corrected chi connectivity index (χ0v) is 12.2. The van der Waals surface area contributed by atoms with Crippen LogP contribution in [-0.4, -0.2) is 9.78 Å². The first kappa shape index (κ1) is 13.5. The molecule has 1 heterocycles. The molecule has 1 aromatic carbocycles. The minimum atomic E-state index is -0.110. The average molecular weight is 305 g/mol. The van der Waals surface area contributed by atoms with E-state index >= 15 is 0 Å². The number of aryl methyl sites for hydroxylation is 1. The number of aromatic nitrogens is 2. The molecular formula is C12H12Cl3N3. The standard InChI is InChI=1S/C12H12Cl3N3/c1-6-11(15)12(16)18(17-6)7(2)9-4-3-8(13)5-10(9)14/h3-5,7H,16H2,1-2H3. The van der Waals surface area contributed by atoms with E-state index in [0.717, 1.165) is 5.56 Å². The summed E-state index contributed by atoms with van der Waals surface area (Å²) in [7, 11) is 0. The van der Waals surface area contributed by atoms with Gasteiger partial charge in [0.1, 0.15) is 10.8 Å². The minimum Gasteiger partial charge on any atom is -0.383 e. The lowest BCUT2D eigenvalue weighted by Crippen LogP contribution is -2.12. The van der Waals surface area contributed by atoms with Crippen molar-refractivity contribution >= 4 is 40.6 Å². The molecule has 3 nitrogen and oxygen atoms in total. The second-order valence-electron chi connectivity index (χ2n) is 4.07. The van der Waals surface area contributed by atoms with Crippen molar-refractivity contribution in [1.29, 1.82) is 0 Å². The Morgan fingerprint density at radius 3 is 2.44 bits per heavy atom. The largest absolute Gasteiger partial charge is 0.383 e. The zero-order valence-electron chi connectivity index (χ0n) is 9.92. The van der Waals surface area contributed by atoms with Crippen molar-refractivity contribution in [2.45, 2.75) is 19.9 Å². The summed E-state index contributed by atoms with van der Waals surface area (Å²) in [6.45, 7) is 3.76. The fourth-order valence-electron chi connectivity index (χ4n) is 1.81. The first-order valence-corrected chi connectivity index (χ1v) is 6.50. The third-order valence-electron chi connectivity index (χ3n) is 2.83. The van der Waals surface area contributed by atoms with Gasteiger partial charge in [-0.15, -0.1) is 0 Å². The molecule has 18 heavy (non-hydrogen) atoms. The van der Waals surface area contributed by atoms with E-state index in [4.69, 9.17) is 40.5 Å². The molecule has 0 aliphatic rings. The second kappa shape index (κ2) is 5.00. The van der Waals surface area contributed by atoms with Crippen LogP contribution in [0.2, 0.25) is 15.1 Å². The first-order chi connectivity index (χ1) is 8.41. The number of benzene rings is 1. The molecule has 0 radical (unpaired) electrons. The van der Waals surface area contributed by atoms with Crippen molar-refractivity contribution < 1.29 is 0 Å². The molecule has 0 aliphatic heterocycles. The lowest BCUT2D eigenvalue weighted by Gasteiger charge is -2.16. The van der Waals surface area contributed by atoms with E-state index in [1.807, 2.05) is 19.9 Å². The normalized spacial score (nSPS) is 12.7. The van der Waals surface area contributed by atoms with Gasteiger partial charge in [0, 0.05) is 10.0 Å². The summed E-state index contributed by atoms with van der Waals surface area (Å²) in [5.41, 5.74) is 7.52. The third kappa shape index (κ3) is 2.30. The van der Waals surface area contributed by atoms with Crippen LogP contribution in [0, 0.1) is 6.92 Å². The van der Waals surface area contributed by atoms with E-state index in [9.17, 15) is 0 Å². The molecule has 1 unspecified atom stereocenters. The van der Waals surface area contributed by atoms with Crippen molar-refractivity contribution in [3.05, 3.63) is 44.5 Å². The molecular weight excluding hydrogens is 293 g/mol. The third-order valence-corrected chi connectivity index (χ3v) is 3.86. The molecule has 0 aliphatic carbocycles. The molecule has 6 heteroatoms. The van der Waals surface area contributed by atoms with Crippen molar-refractivity contribution in [2.75, 3.05) is 5.73 Å². The van der Waals surface area contributed by atoms with Crippen molar-refractivity contribution in [2.24, 2.45) is 0 Å². The summed E-state index contributed by atoms with van der Waals surface area (Å²) >= 11 is 18.1. The van der Waals surface area contributed by atoms with E-state index < -0.39 is 0 Å². The van der Waals surface area contributed by atoms with E-state index in [2.05, 4.69) is 5.10 Å². The smallest absolute Gasteiger partial charge is 0.141 e. The van der Waals surface area contributed by atoms with Crippen LogP contribution < -0.4 is 5.73 Å². The summed E-state index contributed by atoms with van der Waals surface area (Å²) in [4.78, 5) is 0. The predicted molar refractivity (Wildman–Crippen MR) is 76.7 cm³/mol. The van der Waals surface area contributed by atoms with Gasteiger partial charge in [-0.25, -0.2) is 4.68 Å². The number of halogens is 3. The molecule has 0 saturated heterocycles. The molecule has 1 aromatic heterocycles. The fourth-order valence-corrected chi connectivity index (χ4v) is 2.50. The molecule has 2 N–H and O–H groups in total. The molecule has 1 atom stereocenters. The minimum absolute atomic E-state index is 0.110. The number of nitrogen functional groups attached to an aromatic ring is 1.